The van der Waals surface area contributed by atoms with Gasteiger partial charge in [-0.1, -0.05) is 6.07 Å². The summed E-state index contributed by atoms with van der Waals surface area (Å²) in [4.78, 5) is 18.4. The summed E-state index contributed by atoms with van der Waals surface area (Å²) in [5.41, 5.74) is 1.15. The van der Waals surface area contributed by atoms with Crippen LogP contribution in [0.1, 0.15) is 23.8 Å². The first kappa shape index (κ1) is 17.6. The van der Waals surface area contributed by atoms with Crippen molar-refractivity contribution < 1.29 is 4.79 Å². The van der Waals surface area contributed by atoms with E-state index in [1.807, 2.05) is 17.2 Å². The molecule has 2 atom stereocenters. The fourth-order valence-electron chi connectivity index (χ4n) is 2.50. The molecule has 0 saturated carbocycles. The standard InChI is InChI=1S/C13H17N3OS.2ClH/c17-13(16-6-1-2-7-16)11-9-18-12(15-11)10-4-3-5-14-8-10;;/h3-5,8,11-12,15H,1-2,6-7,9H2;2*1H. The van der Waals surface area contributed by atoms with Crippen molar-refractivity contribution in [1.82, 2.24) is 15.2 Å². The number of halogens is 2. The first-order chi connectivity index (χ1) is 8.84. The van der Waals surface area contributed by atoms with Crippen molar-refractivity contribution in [3.05, 3.63) is 30.1 Å². The molecular weight excluding hydrogens is 317 g/mol. The summed E-state index contributed by atoms with van der Waals surface area (Å²) < 4.78 is 0. The molecule has 3 heterocycles. The molecule has 1 amide bonds. The maximum Gasteiger partial charge on any atom is 0.240 e. The summed E-state index contributed by atoms with van der Waals surface area (Å²) in [5.74, 6) is 1.13. The minimum absolute atomic E-state index is 0. The molecule has 2 aliphatic rings. The summed E-state index contributed by atoms with van der Waals surface area (Å²) >= 11 is 1.79. The highest BCUT2D eigenvalue weighted by molar-refractivity contribution is 7.99. The van der Waals surface area contributed by atoms with Crippen LogP contribution in [-0.4, -0.2) is 40.7 Å². The number of hydrogen-bond donors (Lipinski definition) is 1. The largest absolute Gasteiger partial charge is 0.341 e. The third-order valence-corrected chi connectivity index (χ3v) is 4.75. The van der Waals surface area contributed by atoms with Crippen LogP contribution in [-0.2, 0) is 4.79 Å². The van der Waals surface area contributed by atoms with Gasteiger partial charge < -0.3 is 4.90 Å². The van der Waals surface area contributed by atoms with Gasteiger partial charge in [-0.3, -0.25) is 15.1 Å². The third kappa shape index (κ3) is 3.79. The maximum atomic E-state index is 12.3. The van der Waals surface area contributed by atoms with Gasteiger partial charge in [-0.2, -0.15) is 0 Å². The molecule has 2 fully saturated rings. The molecule has 0 radical (unpaired) electrons. The quantitative estimate of drug-likeness (QED) is 0.900. The van der Waals surface area contributed by atoms with Gasteiger partial charge in [-0.05, 0) is 24.5 Å². The summed E-state index contributed by atoms with van der Waals surface area (Å²) in [6.45, 7) is 1.86. The molecule has 112 valence electrons. The lowest BCUT2D eigenvalue weighted by molar-refractivity contribution is -0.131. The molecule has 7 heteroatoms. The van der Waals surface area contributed by atoms with Gasteiger partial charge in [0.25, 0.3) is 0 Å². The fourth-order valence-corrected chi connectivity index (χ4v) is 3.71. The van der Waals surface area contributed by atoms with E-state index >= 15 is 0 Å². The zero-order valence-corrected chi connectivity index (χ0v) is 13.5. The van der Waals surface area contributed by atoms with Crippen LogP contribution >= 0.6 is 36.6 Å². The lowest BCUT2D eigenvalue weighted by Crippen LogP contribution is -2.44. The Hall–Kier alpha value is -0.490. The Morgan fingerprint density at radius 3 is 2.75 bits per heavy atom. The molecule has 4 nitrogen and oxygen atoms in total. The predicted octanol–water partition coefficient (Wildman–Crippen LogP) is 2.25. The molecule has 2 unspecified atom stereocenters. The van der Waals surface area contributed by atoms with Crippen LogP contribution in [0.25, 0.3) is 0 Å². The second kappa shape index (κ2) is 8.08. The van der Waals surface area contributed by atoms with Crippen molar-refractivity contribution >= 4 is 42.5 Å². The van der Waals surface area contributed by atoms with Crippen molar-refractivity contribution in [2.45, 2.75) is 24.3 Å². The summed E-state index contributed by atoms with van der Waals surface area (Å²) in [5, 5.41) is 3.62. The second-order valence-electron chi connectivity index (χ2n) is 4.75. The van der Waals surface area contributed by atoms with Crippen molar-refractivity contribution in [1.29, 1.82) is 0 Å². The molecule has 3 rings (SSSR count). The Kier molecular flexibility index (Phi) is 7.09. The molecule has 20 heavy (non-hydrogen) atoms. The lowest BCUT2D eigenvalue weighted by atomic mass is 10.2. The van der Waals surface area contributed by atoms with E-state index in [-0.39, 0.29) is 42.1 Å². The Morgan fingerprint density at radius 2 is 2.10 bits per heavy atom. The minimum Gasteiger partial charge on any atom is -0.341 e. The highest BCUT2D eigenvalue weighted by Gasteiger charge is 2.33. The molecule has 2 aliphatic heterocycles. The predicted molar refractivity (Wildman–Crippen MR) is 86.7 cm³/mol. The molecule has 1 aromatic rings. The molecule has 0 spiro atoms. The summed E-state index contributed by atoms with van der Waals surface area (Å²) in [6.07, 6.45) is 5.94. The normalized spacial score (nSPS) is 24.9. The molecule has 2 saturated heterocycles. The number of carbonyl (C=O) groups is 1. The van der Waals surface area contributed by atoms with Crippen LogP contribution in [0, 0.1) is 0 Å². The monoisotopic (exact) mass is 335 g/mol. The number of pyridine rings is 1. The SMILES string of the molecule is Cl.Cl.O=C(C1CSC(c2cccnc2)N1)N1CCCC1. The number of likely N-dealkylation sites (tertiary alicyclic amines) is 1. The molecule has 0 bridgehead atoms. The molecular formula is C13H19Cl2N3OS. The van der Waals surface area contributed by atoms with Crippen LogP contribution < -0.4 is 5.32 Å². The number of carbonyl (C=O) groups excluding carboxylic acids is 1. The number of aromatic nitrogens is 1. The number of hydrogen-bond acceptors (Lipinski definition) is 4. The maximum absolute atomic E-state index is 12.3. The molecule has 1 N–H and O–H groups in total. The van der Waals surface area contributed by atoms with E-state index < -0.39 is 0 Å². The van der Waals surface area contributed by atoms with E-state index in [2.05, 4.69) is 16.4 Å². The molecule has 1 aromatic heterocycles. The van der Waals surface area contributed by atoms with Gasteiger partial charge in [0.2, 0.25) is 5.91 Å². The van der Waals surface area contributed by atoms with Gasteiger partial charge in [0.05, 0.1) is 11.4 Å². The summed E-state index contributed by atoms with van der Waals surface area (Å²) in [6, 6.07) is 3.96. The number of nitrogens with one attached hydrogen (secondary N) is 1. The van der Waals surface area contributed by atoms with Gasteiger partial charge in [0.15, 0.2) is 0 Å². The lowest BCUT2D eigenvalue weighted by Gasteiger charge is -2.20. The average Bonchev–Trinajstić information content (AvgIpc) is 3.10. The topological polar surface area (TPSA) is 45.2 Å². The van der Waals surface area contributed by atoms with Gasteiger partial charge in [0.1, 0.15) is 0 Å². The highest BCUT2D eigenvalue weighted by Crippen LogP contribution is 2.32. The Morgan fingerprint density at radius 1 is 1.35 bits per heavy atom. The number of thioether (sulfide) groups is 1. The molecule has 0 aromatic carbocycles. The number of amides is 1. The van der Waals surface area contributed by atoms with Crippen molar-refractivity contribution in [2.75, 3.05) is 18.8 Å². The van der Waals surface area contributed by atoms with Crippen LogP contribution in [0.3, 0.4) is 0 Å². The first-order valence-corrected chi connectivity index (χ1v) is 7.46. The second-order valence-corrected chi connectivity index (χ2v) is 5.89. The number of nitrogens with zero attached hydrogens (tertiary/aromatic N) is 2. The van der Waals surface area contributed by atoms with Crippen LogP contribution in [0.5, 0.6) is 0 Å². The van der Waals surface area contributed by atoms with E-state index in [4.69, 9.17) is 0 Å². The van der Waals surface area contributed by atoms with E-state index in [1.165, 1.54) is 0 Å². The van der Waals surface area contributed by atoms with Gasteiger partial charge >= 0.3 is 0 Å². The van der Waals surface area contributed by atoms with E-state index in [0.29, 0.717) is 0 Å². The third-order valence-electron chi connectivity index (χ3n) is 3.49. The van der Waals surface area contributed by atoms with Gasteiger partial charge in [0, 0.05) is 31.2 Å². The average molecular weight is 336 g/mol. The van der Waals surface area contributed by atoms with Gasteiger partial charge in [-0.25, -0.2) is 0 Å². The zero-order valence-electron chi connectivity index (χ0n) is 11.0. The zero-order chi connectivity index (χ0) is 12.4. The van der Waals surface area contributed by atoms with Gasteiger partial charge in [-0.15, -0.1) is 36.6 Å². The first-order valence-electron chi connectivity index (χ1n) is 6.41. The highest BCUT2D eigenvalue weighted by atomic mass is 35.5. The van der Waals surface area contributed by atoms with Crippen LogP contribution in [0.2, 0.25) is 0 Å². The van der Waals surface area contributed by atoms with Crippen molar-refractivity contribution in [2.24, 2.45) is 0 Å². The van der Waals surface area contributed by atoms with Crippen LogP contribution in [0.15, 0.2) is 24.5 Å². The van der Waals surface area contributed by atoms with Crippen molar-refractivity contribution in [3.63, 3.8) is 0 Å². The summed E-state index contributed by atoms with van der Waals surface area (Å²) in [7, 11) is 0. The van der Waals surface area contributed by atoms with E-state index in [0.717, 1.165) is 37.2 Å². The smallest absolute Gasteiger partial charge is 0.240 e. The Labute approximate surface area is 135 Å². The molecule has 0 aliphatic carbocycles. The number of rotatable bonds is 2. The van der Waals surface area contributed by atoms with E-state index in [9.17, 15) is 4.79 Å². The fraction of sp³-hybridized carbons (Fsp3) is 0.538. The Bertz CT molecular complexity index is 429. The van der Waals surface area contributed by atoms with Crippen LogP contribution in [0.4, 0.5) is 0 Å². The van der Waals surface area contributed by atoms with E-state index in [1.54, 1.807) is 18.0 Å². The minimum atomic E-state index is -0.0293. The Balaban J connectivity index is 0.000001000. The van der Waals surface area contributed by atoms with Crippen molar-refractivity contribution in [3.8, 4) is 0 Å².